The number of rotatable bonds is 13. The predicted molar refractivity (Wildman–Crippen MR) is 122 cm³/mol. The molecular weight excluding hydrogens is 438 g/mol. The number of methoxy groups -OCH3 is 1. The lowest BCUT2D eigenvalue weighted by molar-refractivity contribution is 0.280. The van der Waals surface area contributed by atoms with Crippen molar-refractivity contribution in [3.05, 3.63) is 57.0 Å². The quantitative estimate of drug-likeness (QED) is 0.317. The zero-order chi connectivity index (χ0) is 20.2. The summed E-state index contributed by atoms with van der Waals surface area (Å²) in [6, 6.07) is 11.7. The molecule has 1 N–H and O–H groups in total. The molecule has 0 saturated carbocycles. The Morgan fingerprint density at radius 1 is 1.04 bits per heavy atom. The largest absolute Gasteiger partial charge is 0.493 e. The molecule has 0 radical (unpaired) electrons. The fourth-order valence-electron chi connectivity index (χ4n) is 3.09. The highest BCUT2D eigenvalue weighted by atomic mass is 79.9. The summed E-state index contributed by atoms with van der Waals surface area (Å²) in [5.74, 6) is 1.51. The van der Waals surface area contributed by atoms with Crippen molar-refractivity contribution in [2.75, 3.05) is 13.7 Å². The van der Waals surface area contributed by atoms with E-state index in [1.807, 2.05) is 36.4 Å². The highest BCUT2D eigenvalue weighted by molar-refractivity contribution is 9.10. The van der Waals surface area contributed by atoms with Crippen molar-refractivity contribution < 1.29 is 9.47 Å². The smallest absolute Gasteiger partial charge is 0.167 e. The Morgan fingerprint density at radius 3 is 2.57 bits per heavy atom. The second kappa shape index (κ2) is 13.1. The molecule has 0 bridgehead atoms. The van der Waals surface area contributed by atoms with Gasteiger partial charge in [-0.3, -0.25) is 0 Å². The van der Waals surface area contributed by atoms with E-state index in [0.29, 0.717) is 11.6 Å². The molecule has 5 heteroatoms. The molecule has 3 nitrogen and oxygen atoms in total. The van der Waals surface area contributed by atoms with Gasteiger partial charge in [0.2, 0.25) is 0 Å². The third-order valence-corrected chi connectivity index (χ3v) is 5.65. The van der Waals surface area contributed by atoms with Crippen LogP contribution in [0.5, 0.6) is 11.5 Å². The van der Waals surface area contributed by atoms with Crippen molar-refractivity contribution in [2.24, 2.45) is 0 Å². The third-order valence-electron chi connectivity index (χ3n) is 4.67. The highest BCUT2D eigenvalue weighted by Gasteiger charge is 2.14. The Morgan fingerprint density at radius 2 is 1.82 bits per heavy atom. The molecule has 154 valence electrons. The van der Waals surface area contributed by atoms with E-state index in [1.54, 1.807) is 7.11 Å². The van der Waals surface area contributed by atoms with E-state index in [-0.39, 0.29) is 0 Å². The van der Waals surface area contributed by atoms with Gasteiger partial charge >= 0.3 is 0 Å². The predicted octanol–water partition coefficient (Wildman–Crippen LogP) is 7.14. The Hall–Kier alpha value is -1.23. The first-order valence-electron chi connectivity index (χ1n) is 10.1. The minimum absolute atomic E-state index is 0.442. The lowest BCUT2D eigenvalue weighted by Gasteiger charge is -2.17. The second-order valence-corrected chi connectivity index (χ2v) is 8.21. The number of nitrogens with one attached hydrogen (secondary N) is 1. The van der Waals surface area contributed by atoms with Crippen LogP contribution in [0, 0.1) is 0 Å². The summed E-state index contributed by atoms with van der Waals surface area (Å²) in [6.07, 6.45) is 7.79. The van der Waals surface area contributed by atoms with Crippen LogP contribution < -0.4 is 14.8 Å². The summed E-state index contributed by atoms with van der Waals surface area (Å²) in [4.78, 5) is 0. The van der Waals surface area contributed by atoms with Crippen molar-refractivity contribution in [1.82, 2.24) is 5.32 Å². The van der Waals surface area contributed by atoms with Crippen LogP contribution in [0.2, 0.25) is 5.02 Å². The number of hydrogen-bond donors (Lipinski definition) is 1. The third kappa shape index (κ3) is 7.65. The Bertz CT molecular complexity index is 724. The Kier molecular flexibility index (Phi) is 10.8. The van der Waals surface area contributed by atoms with Crippen LogP contribution >= 0.6 is 27.5 Å². The first kappa shape index (κ1) is 23.1. The molecule has 0 amide bonds. The van der Waals surface area contributed by atoms with Crippen molar-refractivity contribution in [3.63, 3.8) is 0 Å². The van der Waals surface area contributed by atoms with Crippen LogP contribution in [0.25, 0.3) is 0 Å². The molecular formula is C23H31BrClNO2. The number of hydrogen-bond acceptors (Lipinski definition) is 3. The van der Waals surface area contributed by atoms with E-state index in [9.17, 15) is 0 Å². The van der Waals surface area contributed by atoms with E-state index < -0.39 is 0 Å². The molecule has 0 heterocycles. The van der Waals surface area contributed by atoms with Gasteiger partial charge in [0.25, 0.3) is 0 Å². The van der Waals surface area contributed by atoms with Crippen LogP contribution in [-0.2, 0) is 13.2 Å². The van der Waals surface area contributed by atoms with Crippen LogP contribution in [0.15, 0.2) is 40.9 Å². The molecule has 2 rings (SSSR count). The molecule has 0 aliphatic rings. The minimum atomic E-state index is 0.442. The molecule has 0 aliphatic carbocycles. The van der Waals surface area contributed by atoms with Crippen LogP contribution in [0.1, 0.15) is 56.6 Å². The molecule has 2 aromatic rings. The average molecular weight is 469 g/mol. The summed E-state index contributed by atoms with van der Waals surface area (Å²) in [6.45, 7) is 4.43. The van der Waals surface area contributed by atoms with Crippen molar-refractivity contribution in [3.8, 4) is 11.5 Å². The van der Waals surface area contributed by atoms with Crippen molar-refractivity contribution in [2.45, 2.75) is 58.6 Å². The molecule has 0 unspecified atom stereocenters. The fraction of sp³-hybridized carbons (Fsp3) is 0.478. The molecule has 0 atom stereocenters. The molecule has 0 fully saturated rings. The maximum Gasteiger partial charge on any atom is 0.167 e. The van der Waals surface area contributed by atoms with Gasteiger partial charge in [-0.2, -0.15) is 0 Å². The van der Waals surface area contributed by atoms with E-state index in [0.717, 1.165) is 40.2 Å². The number of unbranched alkanes of at least 4 members (excludes halogenated alkanes) is 5. The molecule has 0 aromatic heterocycles. The summed E-state index contributed by atoms with van der Waals surface area (Å²) >= 11 is 9.75. The van der Waals surface area contributed by atoms with Crippen molar-refractivity contribution in [1.29, 1.82) is 0 Å². The maximum absolute atomic E-state index is 6.15. The molecule has 0 spiro atoms. The summed E-state index contributed by atoms with van der Waals surface area (Å²) in [5.41, 5.74) is 2.10. The van der Waals surface area contributed by atoms with E-state index in [4.69, 9.17) is 21.1 Å². The van der Waals surface area contributed by atoms with Crippen LogP contribution in [0.4, 0.5) is 0 Å². The van der Waals surface area contributed by atoms with Gasteiger partial charge < -0.3 is 14.8 Å². The average Bonchev–Trinajstić information content (AvgIpc) is 2.69. The zero-order valence-corrected chi connectivity index (χ0v) is 19.2. The first-order chi connectivity index (χ1) is 13.7. The van der Waals surface area contributed by atoms with Crippen LogP contribution in [0.3, 0.4) is 0 Å². The number of ether oxygens (including phenoxy) is 2. The monoisotopic (exact) mass is 467 g/mol. The summed E-state index contributed by atoms with van der Waals surface area (Å²) in [7, 11) is 1.67. The Balaban J connectivity index is 1.94. The molecule has 0 saturated heterocycles. The van der Waals surface area contributed by atoms with E-state index in [1.165, 1.54) is 38.5 Å². The number of halogens is 2. The standard InChI is InChI=1S/C23H31BrClNO2/c1-3-4-5-6-7-8-14-26-16-20-21(24)12-13-22(27-2)23(20)28-17-18-10-9-11-19(25)15-18/h9-13,15,26H,3-8,14,16-17H2,1-2H3. The van der Waals surface area contributed by atoms with Gasteiger partial charge in [-0.1, -0.05) is 78.7 Å². The molecule has 0 aliphatic heterocycles. The van der Waals surface area contributed by atoms with E-state index >= 15 is 0 Å². The highest BCUT2D eigenvalue weighted by Crippen LogP contribution is 2.36. The normalized spacial score (nSPS) is 10.9. The summed E-state index contributed by atoms with van der Waals surface area (Å²) < 4.78 is 12.7. The van der Waals surface area contributed by atoms with Gasteiger partial charge in [-0.15, -0.1) is 0 Å². The lowest BCUT2D eigenvalue weighted by atomic mass is 10.1. The zero-order valence-electron chi connectivity index (χ0n) is 16.9. The summed E-state index contributed by atoms with van der Waals surface area (Å²) in [5, 5.41) is 4.26. The first-order valence-corrected chi connectivity index (χ1v) is 11.3. The van der Waals surface area contributed by atoms with Gasteiger partial charge in [0.15, 0.2) is 11.5 Å². The van der Waals surface area contributed by atoms with Gasteiger partial charge in [-0.25, -0.2) is 0 Å². The maximum atomic E-state index is 6.15. The van der Waals surface area contributed by atoms with Gasteiger partial charge in [-0.05, 0) is 42.8 Å². The minimum Gasteiger partial charge on any atom is -0.493 e. The Labute approximate surface area is 182 Å². The number of benzene rings is 2. The van der Waals surface area contributed by atoms with Gasteiger partial charge in [0, 0.05) is 21.6 Å². The van der Waals surface area contributed by atoms with Crippen LogP contribution in [-0.4, -0.2) is 13.7 Å². The van der Waals surface area contributed by atoms with Gasteiger partial charge in [0.1, 0.15) is 6.61 Å². The SMILES string of the molecule is CCCCCCCCNCc1c(Br)ccc(OC)c1OCc1cccc(Cl)c1. The van der Waals surface area contributed by atoms with E-state index in [2.05, 4.69) is 28.2 Å². The molecule has 28 heavy (non-hydrogen) atoms. The second-order valence-electron chi connectivity index (χ2n) is 6.92. The fourth-order valence-corrected chi connectivity index (χ4v) is 3.76. The lowest BCUT2D eigenvalue weighted by Crippen LogP contribution is -2.16. The van der Waals surface area contributed by atoms with Crippen molar-refractivity contribution >= 4 is 27.5 Å². The van der Waals surface area contributed by atoms with Gasteiger partial charge in [0.05, 0.1) is 7.11 Å². The molecule has 2 aromatic carbocycles. The topological polar surface area (TPSA) is 30.5 Å².